The summed E-state index contributed by atoms with van der Waals surface area (Å²) in [4.78, 5) is 0.231. The van der Waals surface area contributed by atoms with Gasteiger partial charge in [-0.15, -0.1) is 0 Å². The minimum Gasteiger partial charge on any atom is -0.463 e. The van der Waals surface area contributed by atoms with Crippen molar-refractivity contribution in [2.75, 3.05) is 13.2 Å². The van der Waals surface area contributed by atoms with Crippen molar-refractivity contribution in [3.05, 3.63) is 30.5 Å². The molecule has 1 aliphatic heterocycles. The number of para-hydroxylation sites is 1. The summed E-state index contributed by atoms with van der Waals surface area (Å²) in [6.07, 6.45) is 6.44. The van der Waals surface area contributed by atoms with Gasteiger partial charge in [-0.25, -0.2) is 13.1 Å². The van der Waals surface area contributed by atoms with E-state index < -0.39 is 10.0 Å². The zero-order valence-electron chi connectivity index (χ0n) is 13.0. The summed E-state index contributed by atoms with van der Waals surface area (Å²) >= 11 is 0. The van der Waals surface area contributed by atoms with Crippen LogP contribution in [0.15, 0.2) is 39.8 Å². The molecule has 2 aromatic rings. The van der Waals surface area contributed by atoms with Crippen LogP contribution in [0.2, 0.25) is 0 Å². The summed E-state index contributed by atoms with van der Waals surface area (Å²) in [5, 5.41) is 0.806. The highest BCUT2D eigenvalue weighted by Gasteiger charge is 2.45. The second-order valence-electron chi connectivity index (χ2n) is 6.64. The summed E-state index contributed by atoms with van der Waals surface area (Å²) < 4.78 is 39.7. The van der Waals surface area contributed by atoms with Crippen LogP contribution in [0.4, 0.5) is 0 Å². The number of sulfonamides is 1. The van der Waals surface area contributed by atoms with E-state index in [0.717, 1.165) is 50.7 Å². The second-order valence-corrected chi connectivity index (χ2v) is 8.32. The molecule has 4 rings (SSSR count). The lowest BCUT2D eigenvalue weighted by Gasteiger charge is -2.39. The second kappa shape index (κ2) is 5.61. The summed E-state index contributed by atoms with van der Waals surface area (Å²) in [6.45, 7) is 1.46. The van der Waals surface area contributed by atoms with E-state index in [1.54, 1.807) is 18.2 Å². The first-order valence-electron chi connectivity index (χ1n) is 8.17. The van der Waals surface area contributed by atoms with E-state index in [0.29, 0.717) is 5.58 Å². The Bertz CT molecular complexity index is 805. The number of fused-ring (bicyclic) bond motifs is 1. The predicted octanol–water partition coefficient (Wildman–Crippen LogP) is 3.06. The van der Waals surface area contributed by atoms with Gasteiger partial charge < -0.3 is 9.15 Å². The number of rotatable bonds is 3. The van der Waals surface area contributed by atoms with Gasteiger partial charge in [0.25, 0.3) is 0 Å². The first-order chi connectivity index (χ1) is 11.1. The lowest BCUT2D eigenvalue weighted by molar-refractivity contribution is 0.00801. The Morgan fingerprint density at radius 2 is 1.96 bits per heavy atom. The molecular formula is C17H21NO4S. The number of nitrogens with one attached hydrogen (secondary N) is 1. The molecule has 0 amide bonds. The Labute approximate surface area is 136 Å². The van der Waals surface area contributed by atoms with Gasteiger partial charge in [-0.2, -0.15) is 0 Å². The van der Waals surface area contributed by atoms with Crippen molar-refractivity contribution < 1.29 is 17.6 Å². The normalized spacial score (nSPS) is 24.4. The molecule has 6 heteroatoms. The molecule has 1 spiro atoms. The molecule has 1 saturated heterocycles. The predicted molar refractivity (Wildman–Crippen MR) is 86.7 cm³/mol. The van der Waals surface area contributed by atoms with Gasteiger partial charge in [-0.1, -0.05) is 18.6 Å². The third-order valence-corrected chi connectivity index (χ3v) is 6.92. The number of furan rings is 1. The van der Waals surface area contributed by atoms with Gasteiger partial charge in [0.05, 0.1) is 6.26 Å². The highest BCUT2D eigenvalue weighted by molar-refractivity contribution is 7.89. The molecule has 0 bridgehead atoms. The molecule has 1 aromatic heterocycles. The van der Waals surface area contributed by atoms with E-state index in [1.165, 1.54) is 6.26 Å². The molecular weight excluding hydrogens is 314 g/mol. The smallest absolute Gasteiger partial charge is 0.244 e. The van der Waals surface area contributed by atoms with Crippen LogP contribution < -0.4 is 4.72 Å². The summed E-state index contributed by atoms with van der Waals surface area (Å²) in [7, 11) is -3.60. The number of hydrogen-bond donors (Lipinski definition) is 1. The van der Waals surface area contributed by atoms with Crippen molar-refractivity contribution >= 4 is 21.0 Å². The number of ether oxygens (including phenoxy) is 1. The topological polar surface area (TPSA) is 68.5 Å². The van der Waals surface area contributed by atoms with Crippen molar-refractivity contribution in [1.29, 1.82) is 0 Å². The highest BCUT2D eigenvalue weighted by atomic mass is 32.2. The lowest BCUT2D eigenvalue weighted by Crippen LogP contribution is -2.47. The van der Waals surface area contributed by atoms with Crippen LogP contribution in [0.25, 0.3) is 11.0 Å². The largest absolute Gasteiger partial charge is 0.463 e. The highest BCUT2D eigenvalue weighted by Crippen LogP contribution is 2.46. The minimum absolute atomic E-state index is 0.0124. The molecule has 2 heterocycles. The van der Waals surface area contributed by atoms with Crippen LogP contribution >= 0.6 is 0 Å². The minimum atomic E-state index is -3.60. The van der Waals surface area contributed by atoms with Crippen LogP contribution in [0.5, 0.6) is 0 Å². The maximum absolute atomic E-state index is 12.9. The first-order valence-corrected chi connectivity index (χ1v) is 9.65. The SMILES string of the molecule is O=S(=O)(NC1CCCC12CCOCC2)c1cccc2ccoc12. The maximum atomic E-state index is 12.9. The van der Waals surface area contributed by atoms with Gasteiger partial charge in [0.2, 0.25) is 10.0 Å². The standard InChI is InChI=1S/C17H21NO4S/c19-23(20,14-4-1-3-13-6-10-22-16(13)14)18-15-5-2-7-17(15)8-11-21-12-9-17/h1,3-4,6,10,15,18H,2,5,7-9,11-12H2. The van der Waals surface area contributed by atoms with Crippen LogP contribution in [-0.4, -0.2) is 27.7 Å². The molecule has 124 valence electrons. The van der Waals surface area contributed by atoms with Gasteiger partial charge in [0.15, 0.2) is 5.58 Å². The Hall–Kier alpha value is -1.37. The van der Waals surface area contributed by atoms with Crippen molar-refractivity contribution in [2.24, 2.45) is 5.41 Å². The molecule has 2 fully saturated rings. The summed E-state index contributed by atoms with van der Waals surface area (Å²) in [5.41, 5.74) is 0.488. The van der Waals surface area contributed by atoms with Crippen molar-refractivity contribution in [3.63, 3.8) is 0 Å². The molecule has 2 aliphatic rings. The van der Waals surface area contributed by atoms with Crippen molar-refractivity contribution in [1.82, 2.24) is 4.72 Å². The van der Waals surface area contributed by atoms with Crippen LogP contribution in [0.1, 0.15) is 32.1 Å². The fraction of sp³-hybridized carbons (Fsp3) is 0.529. The van der Waals surface area contributed by atoms with Crippen LogP contribution in [-0.2, 0) is 14.8 Å². The van der Waals surface area contributed by atoms with Gasteiger partial charge in [0.1, 0.15) is 4.90 Å². The molecule has 1 saturated carbocycles. The van der Waals surface area contributed by atoms with E-state index in [-0.39, 0.29) is 16.4 Å². The maximum Gasteiger partial charge on any atom is 0.244 e. The fourth-order valence-electron chi connectivity index (χ4n) is 4.13. The number of benzene rings is 1. The van der Waals surface area contributed by atoms with Crippen LogP contribution in [0, 0.1) is 5.41 Å². The van der Waals surface area contributed by atoms with E-state index in [1.807, 2.05) is 6.07 Å². The average molecular weight is 335 g/mol. The molecule has 1 atom stereocenters. The van der Waals surface area contributed by atoms with E-state index in [2.05, 4.69) is 4.72 Å². The molecule has 1 N–H and O–H groups in total. The Balaban J connectivity index is 1.66. The van der Waals surface area contributed by atoms with Gasteiger partial charge in [-0.05, 0) is 43.2 Å². The number of hydrogen-bond acceptors (Lipinski definition) is 4. The quantitative estimate of drug-likeness (QED) is 0.936. The molecule has 1 unspecified atom stereocenters. The molecule has 5 nitrogen and oxygen atoms in total. The van der Waals surface area contributed by atoms with Crippen molar-refractivity contribution in [3.8, 4) is 0 Å². The molecule has 1 aliphatic carbocycles. The summed E-state index contributed by atoms with van der Waals surface area (Å²) in [6, 6.07) is 6.99. The average Bonchev–Trinajstić information content (AvgIpc) is 3.15. The zero-order valence-corrected chi connectivity index (χ0v) is 13.8. The Morgan fingerprint density at radius 3 is 2.78 bits per heavy atom. The monoisotopic (exact) mass is 335 g/mol. The summed E-state index contributed by atoms with van der Waals surface area (Å²) in [5.74, 6) is 0. The first kappa shape index (κ1) is 15.2. The van der Waals surface area contributed by atoms with Gasteiger partial charge in [0, 0.05) is 24.6 Å². The molecule has 23 heavy (non-hydrogen) atoms. The third kappa shape index (κ3) is 2.58. The molecule has 1 aromatic carbocycles. The molecule has 0 radical (unpaired) electrons. The van der Waals surface area contributed by atoms with Crippen LogP contribution in [0.3, 0.4) is 0 Å². The van der Waals surface area contributed by atoms with E-state index in [9.17, 15) is 8.42 Å². The third-order valence-electron chi connectivity index (χ3n) is 5.43. The lowest BCUT2D eigenvalue weighted by atomic mass is 9.76. The van der Waals surface area contributed by atoms with E-state index >= 15 is 0 Å². The van der Waals surface area contributed by atoms with E-state index in [4.69, 9.17) is 9.15 Å². The fourth-order valence-corrected chi connectivity index (χ4v) is 5.66. The Morgan fingerprint density at radius 1 is 1.13 bits per heavy atom. The van der Waals surface area contributed by atoms with Gasteiger partial charge >= 0.3 is 0 Å². The Kier molecular flexibility index (Phi) is 3.70. The van der Waals surface area contributed by atoms with Gasteiger partial charge in [-0.3, -0.25) is 0 Å². The van der Waals surface area contributed by atoms with Crippen molar-refractivity contribution in [2.45, 2.75) is 43.0 Å². The zero-order chi connectivity index (χ0) is 15.9.